The van der Waals surface area contributed by atoms with E-state index in [0.29, 0.717) is 6.54 Å². The number of nitrogens with zero attached hydrogens (tertiary/aromatic N) is 2. The zero-order chi connectivity index (χ0) is 12.4. The summed E-state index contributed by atoms with van der Waals surface area (Å²) in [6.07, 6.45) is 0. The first-order valence-electron chi connectivity index (χ1n) is 5.48. The Bertz CT molecular complexity index is 564. The van der Waals surface area contributed by atoms with Crippen LogP contribution >= 0.6 is 0 Å². The normalized spacial score (nSPS) is 10.5. The predicted octanol–water partition coefficient (Wildman–Crippen LogP) is 1.55. The fourth-order valence-corrected chi connectivity index (χ4v) is 1.84. The molecule has 0 saturated carbocycles. The minimum atomic E-state index is 0.0241. The highest BCUT2D eigenvalue weighted by Crippen LogP contribution is 2.12. The van der Waals surface area contributed by atoms with Crippen LogP contribution in [0.3, 0.4) is 0 Å². The molecule has 0 atom stereocenters. The van der Waals surface area contributed by atoms with E-state index in [-0.39, 0.29) is 5.56 Å². The molecule has 0 aliphatic rings. The van der Waals surface area contributed by atoms with Crippen molar-refractivity contribution < 1.29 is 4.74 Å². The number of rotatable bonds is 3. The van der Waals surface area contributed by atoms with E-state index in [2.05, 4.69) is 0 Å². The van der Waals surface area contributed by atoms with Gasteiger partial charge in [-0.1, -0.05) is 12.1 Å². The highest BCUT2D eigenvalue weighted by atomic mass is 16.5. The van der Waals surface area contributed by atoms with E-state index in [4.69, 9.17) is 4.74 Å². The summed E-state index contributed by atoms with van der Waals surface area (Å²) in [5.74, 6) is 0.840. The highest BCUT2D eigenvalue weighted by Gasteiger charge is 2.04. The third kappa shape index (κ3) is 2.25. The lowest BCUT2D eigenvalue weighted by Gasteiger charge is -2.10. The Kier molecular flexibility index (Phi) is 3.04. The van der Waals surface area contributed by atoms with Crippen LogP contribution in [0.25, 0.3) is 0 Å². The van der Waals surface area contributed by atoms with Gasteiger partial charge in [-0.3, -0.25) is 14.2 Å². The number of benzene rings is 1. The summed E-state index contributed by atoms with van der Waals surface area (Å²) in [6, 6.07) is 9.49. The zero-order valence-corrected chi connectivity index (χ0v) is 10.3. The second-order valence-electron chi connectivity index (χ2n) is 4.05. The number of methoxy groups -OCH3 is 1. The van der Waals surface area contributed by atoms with Gasteiger partial charge in [-0.05, 0) is 24.6 Å². The van der Waals surface area contributed by atoms with Gasteiger partial charge in [-0.2, -0.15) is 0 Å². The molecule has 4 heteroatoms. The van der Waals surface area contributed by atoms with Crippen molar-refractivity contribution in [1.29, 1.82) is 0 Å². The van der Waals surface area contributed by atoms with Gasteiger partial charge in [-0.15, -0.1) is 0 Å². The van der Waals surface area contributed by atoms with Crippen molar-refractivity contribution in [2.45, 2.75) is 13.5 Å². The average molecular weight is 232 g/mol. The summed E-state index contributed by atoms with van der Waals surface area (Å²) in [5, 5.41) is 0. The molecule has 0 unspecified atom stereocenters. The van der Waals surface area contributed by atoms with Gasteiger partial charge in [0.25, 0.3) is 5.56 Å². The van der Waals surface area contributed by atoms with Crippen LogP contribution in [0.5, 0.6) is 5.75 Å². The Morgan fingerprint density at radius 1 is 1.24 bits per heavy atom. The largest absolute Gasteiger partial charge is 0.497 e. The van der Waals surface area contributed by atoms with E-state index >= 15 is 0 Å². The Labute approximate surface area is 100 Å². The van der Waals surface area contributed by atoms with Gasteiger partial charge in [0.1, 0.15) is 5.75 Å². The third-order valence-corrected chi connectivity index (χ3v) is 2.91. The van der Waals surface area contributed by atoms with Crippen LogP contribution in [-0.4, -0.2) is 16.5 Å². The van der Waals surface area contributed by atoms with Crippen molar-refractivity contribution in [2.75, 3.05) is 7.11 Å². The molecule has 0 radical (unpaired) electrons. The number of aromatic nitrogens is 2. The van der Waals surface area contributed by atoms with Crippen LogP contribution in [0.4, 0.5) is 0 Å². The maximum atomic E-state index is 11.5. The average Bonchev–Trinajstić information content (AvgIpc) is 2.57. The molecule has 90 valence electrons. The van der Waals surface area contributed by atoms with Crippen LogP contribution in [0.1, 0.15) is 11.3 Å². The van der Waals surface area contributed by atoms with Crippen molar-refractivity contribution >= 4 is 0 Å². The number of hydrogen-bond donors (Lipinski definition) is 0. The minimum absolute atomic E-state index is 0.0241. The monoisotopic (exact) mass is 232 g/mol. The van der Waals surface area contributed by atoms with Gasteiger partial charge in [0.2, 0.25) is 0 Å². The van der Waals surface area contributed by atoms with Crippen molar-refractivity contribution in [3.8, 4) is 5.75 Å². The lowest BCUT2D eigenvalue weighted by Crippen LogP contribution is -2.19. The molecule has 0 fully saturated rings. The van der Waals surface area contributed by atoms with E-state index in [1.165, 1.54) is 0 Å². The fraction of sp³-hybridized carbons (Fsp3) is 0.308. The third-order valence-electron chi connectivity index (χ3n) is 2.91. The predicted molar refractivity (Wildman–Crippen MR) is 66.5 cm³/mol. The lowest BCUT2D eigenvalue weighted by atomic mass is 10.2. The van der Waals surface area contributed by atoms with E-state index < -0.39 is 0 Å². The van der Waals surface area contributed by atoms with E-state index in [9.17, 15) is 4.79 Å². The molecule has 0 saturated heterocycles. The van der Waals surface area contributed by atoms with Crippen molar-refractivity contribution in [1.82, 2.24) is 9.36 Å². The van der Waals surface area contributed by atoms with Gasteiger partial charge in [0, 0.05) is 18.8 Å². The van der Waals surface area contributed by atoms with Crippen molar-refractivity contribution in [3.63, 3.8) is 0 Å². The summed E-state index contributed by atoms with van der Waals surface area (Å²) in [5.41, 5.74) is 2.13. The summed E-state index contributed by atoms with van der Waals surface area (Å²) in [4.78, 5) is 11.5. The van der Waals surface area contributed by atoms with Crippen LogP contribution in [0.2, 0.25) is 0 Å². The van der Waals surface area contributed by atoms with E-state index in [1.807, 2.05) is 35.9 Å². The number of hydrogen-bond acceptors (Lipinski definition) is 2. The highest BCUT2D eigenvalue weighted by molar-refractivity contribution is 5.27. The van der Waals surface area contributed by atoms with Crippen LogP contribution in [0.15, 0.2) is 35.1 Å². The molecule has 1 aromatic heterocycles. The molecule has 1 heterocycles. The first kappa shape index (κ1) is 11.5. The molecule has 0 N–H and O–H groups in total. The minimum Gasteiger partial charge on any atom is -0.497 e. The van der Waals surface area contributed by atoms with Crippen LogP contribution in [-0.2, 0) is 13.6 Å². The molecular weight excluding hydrogens is 216 g/mol. The lowest BCUT2D eigenvalue weighted by molar-refractivity contribution is 0.414. The molecule has 0 spiro atoms. The Hall–Kier alpha value is -1.97. The summed E-state index contributed by atoms with van der Waals surface area (Å²) in [7, 11) is 3.42. The van der Waals surface area contributed by atoms with Gasteiger partial charge in [-0.25, -0.2) is 0 Å². The maximum absolute atomic E-state index is 11.5. The fourth-order valence-electron chi connectivity index (χ4n) is 1.84. The van der Waals surface area contributed by atoms with Crippen LogP contribution in [0, 0.1) is 6.92 Å². The number of aryl methyl sites for hydroxylation is 1. The molecule has 0 bridgehead atoms. The molecule has 2 aromatic rings. The topological polar surface area (TPSA) is 36.2 Å². The van der Waals surface area contributed by atoms with Gasteiger partial charge in [0.15, 0.2) is 0 Å². The molecule has 0 aliphatic heterocycles. The summed E-state index contributed by atoms with van der Waals surface area (Å²) in [6.45, 7) is 2.62. The number of ether oxygens (including phenoxy) is 1. The van der Waals surface area contributed by atoms with Gasteiger partial charge in [0.05, 0.1) is 13.7 Å². The molecule has 1 aromatic carbocycles. The summed E-state index contributed by atoms with van der Waals surface area (Å²) < 4.78 is 8.68. The standard InChI is InChI=1S/C13H16N2O2/c1-10-8-13(16)14(2)15(10)9-11-4-6-12(17-3)7-5-11/h4-8H,9H2,1-3H3. The molecule has 0 aliphatic carbocycles. The second-order valence-corrected chi connectivity index (χ2v) is 4.05. The first-order chi connectivity index (χ1) is 8.11. The second kappa shape index (κ2) is 4.49. The maximum Gasteiger partial charge on any atom is 0.266 e. The Balaban J connectivity index is 2.28. The SMILES string of the molecule is COc1ccc(Cn2c(C)cc(=O)n2C)cc1. The molecule has 0 amide bonds. The van der Waals surface area contributed by atoms with E-state index in [0.717, 1.165) is 17.0 Å². The quantitative estimate of drug-likeness (QED) is 0.805. The smallest absolute Gasteiger partial charge is 0.266 e. The molecular formula is C13H16N2O2. The van der Waals surface area contributed by atoms with Gasteiger partial charge < -0.3 is 4.74 Å². The van der Waals surface area contributed by atoms with Gasteiger partial charge >= 0.3 is 0 Å². The molecule has 4 nitrogen and oxygen atoms in total. The first-order valence-corrected chi connectivity index (χ1v) is 5.48. The van der Waals surface area contributed by atoms with Crippen LogP contribution < -0.4 is 10.3 Å². The molecule has 17 heavy (non-hydrogen) atoms. The Morgan fingerprint density at radius 3 is 2.35 bits per heavy atom. The zero-order valence-electron chi connectivity index (χ0n) is 10.3. The summed E-state index contributed by atoms with van der Waals surface area (Å²) >= 11 is 0. The van der Waals surface area contributed by atoms with Crippen molar-refractivity contribution in [3.05, 3.63) is 51.9 Å². The Morgan fingerprint density at radius 2 is 1.88 bits per heavy atom. The van der Waals surface area contributed by atoms with E-state index in [1.54, 1.807) is 24.9 Å². The molecule has 2 rings (SSSR count). The van der Waals surface area contributed by atoms with Crippen molar-refractivity contribution in [2.24, 2.45) is 7.05 Å².